The molecule has 1 aromatic heterocycles. The summed E-state index contributed by atoms with van der Waals surface area (Å²) in [6, 6.07) is 3.86. The van der Waals surface area contributed by atoms with Gasteiger partial charge in [0.25, 0.3) is 0 Å². The Balaban J connectivity index is 2.27. The van der Waals surface area contributed by atoms with Crippen molar-refractivity contribution >= 4 is 11.4 Å². The highest BCUT2D eigenvalue weighted by Gasteiger charge is 2.10. The van der Waals surface area contributed by atoms with Gasteiger partial charge in [0.15, 0.2) is 0 Å². The average Bonchev–Trinajstić information content (AvgIpc) is 2.30. The van der Waals surface area contributed by atoms with Crippen molar-refractivity contribution in [1.82, 2.24) is 9.88 Å². The quantitative estimate of drug-likeness (QED) is 0.574. The summed E-state index contributed by atoms with van der Waals surface area (Å²) in [6.07, 6.45) is 4.98. The molecule has 0 amide bonds. The Morgan fingerprint density at radius 2 is 2.38 bits per heavy atom. The van der Waals surface area contributed by atoms with Crippen molar-refractivity contribution in [2.45, 2.75) is 6.42 Å². The van der Waals surface area contributed by atoms with Crippen molar-refractivity contribution in [3.05, 3.63) is 35.7 Å². The van der Waals surface area contributed by atoms with E-state index < -0.39 is 0 Å². The third kappa shape index (κ3) is 2.28. The van der Waals surface area contributed by atoms with Gasteiger partial charge in [-0.1, -0.05) is 6.08 Å². The molecule has 0 aliphatic carbocycles. The first kappa shape index (κ1) is 10.8. The number of aromatic nitrogens is 1. The number of pyridine rings is 1. The van der Waals surface area contributed by atoms with E-state index in [4.69, 9.17) is 11.1 Å². The molecule has 0 bridgehead atoms. The van der Waals surface area contributed by atoms with Gasteiger partial charge in [-0.15, -0.1) is 0 Å². The van der Waals surface area contributed by atoms with Crippen LogP contribution in [-0.2, 0) is 0 Å². The van der Waals surface area contributed by atoms with Crippen molar-refractivity contribution in [2.24, 2.45) is 5.73 Å². The van der Waals surface area contributed by atoms with Crippen LogP contribution in [0.2, 0.25) is 0 Å². The Labute approximate surface area is 95.3 Å². The molecule has 0 unspecified atom stereocenters. The number of hydrogen-bond acceptors (Lipinski definition) is 3. The van der Waals surface area contributed by atoms with Crippen molar-refractivity contribution < 1.29 is 0 Å². The van der Waals surface area contributed by atoms with Crippen LogP contribution in [0.5, 0.6) is 0 Å². The van der Waals surface area contributed by atoms with Gasteiger partial charge in [-0.3, -0.25) is 10.4 Å². The second-order valence-corrected chi connectivity index (χ2v) is 4.09. The van der Waals surface area contributed by atoms with E-state index in [2.05, 4.69) is 23.0 Å². The van der Waals surface area contributed by atoms with E-state index in [1.165, 1.54) is 5.57 Å². The van der Waals surface area contributed by atoms with E-state index in [-0.39, 0.29) is 5.84 Å². The molecule has 0 radical (unpaired) electrons. The molecular weight excluding hydrogens is 200 g/mol. The summed E-state index contributed by atoms with van der Waals surface area (Å²) in [5.74, 6) is 0.0235. The van der Waals surface area contributed by atoms with Crippen molar-refractivity contribution in [2.75, 3.05) is 20.1 Å². The number of likely N-dealkylation sites (N-methyl/N-ethyl adjacent to an activating group) is 1. The van der Waals surface area contributed by atoms with Gasteiger partial charge in [0.05, 0.1) is 0 Å². The summed E-state index contributed by atoms with van der Waals surface area (Å²) >= 11 is 0. The summed E-state index contributed by atoms with van der Waals surface area (Å²) in [5, 5.41) is 7.37. The molecule has 84 valence electrons. The minimum atomic E-state index is 0.0235. The van der Waals surface area contributed by atoms with Gasteiger partial charge in [-0.05, 0) is 36.7 Å². The normalized spacial score (nSPS) is 16.9. The molecule has 1 aliphatic rings. The Hall–Kier alpha value is -1.68. The first-order chi connectivity index (χ1) is 7.66. The van der Waals surface area contributed by atoms with Gasteiger partial charge in [0, 0.05) is 19.3 Å². The molecule has 3 N–H and O–H groups in total. The molecule has 4 heteroatoms. The zero-order valence-corrected chi connectivity index (χ0v) is 9.40. The van der Waals surface area contributed by atoms with Crippen LogP contribution in [0.1, 0.15) is 17.7 Å². The highest BCUT2D eigenvalue weighted by molar-refractivity contribution is 5.93. The number of nitrogens with zero attached hydrogens (tertiary/aromatic N) is 2. The summed E-state index contributed by atoms with van der Waals surface area (Å²) in [5.41, 5.74) is 8.44. The zero-order chi connectivity index (χ0) is 11.5. The fourth-order valence-electron chi connectivity index (χ4n) is 1.81. The van der Waals surface area contributed by atoms with Crippen LogP contribution in [0.25, 0.3) is 5.57 Å². The minimum absolute atomic E-state index is 0.0235. The maximum Gasteiger partial charge on any atom is 0.141 e. The molecule has 16 heavy (non-hydrogen) atoms. The smallest absolute Gasteiger partial charge is 0.141 e. The fraction of sp³-hybridized carbons (Fsp3) is 0.333. The highest BCUT2D eigenvalue weighted by Crippen LogP contribution is 2.21. The summed E-state index contributed by atoms with van der Waals surface area (Å²) in [7, 11) is 2.11. The van der Waals surface area contributed by atoms with Crippen molar-refractivity contribution in [1.29, 1.82) is 5.41 Å². The molecule has 4 nitrogen and oxygen atoms in total. The standard InChI is InChI=1S/C12H16N4/c1-16-6-3-9(4-7-16)10-2-5-15-11(8-10)12(13)14/h2-3,5,8H,4,6-7H2,1H3,(H3,13,14). The topological polar surface area (TPSA) is 66.0 Å². The second-order valence-electron chi connectivity index (χ2n) is 4.09. The van der Waals surface area contributed by atoms with E-state index in [0.29, 0.717) is 5.69 Å². The molecular formula is C12H16N4. The Kier molecular flexibility index (Phi) is 3.01. The largest absolute Gasteiger partial charge is 0.382 e. The lowest BCUT2D eigenvalue weighted by atomic mass is 10.00. The predicted molar refractivity (Wildman–Crippen MR) is 65.3 cm³/mol. The second kappa shape index (κ2) is 4.45. The van der Waals surface area contributed by atoms with E-state index >= 15 is 0 Å². The molecule has 0 aromatic carbocycles. The summed E-state index contributed by atoms with van der Waals surface area (Å²) in [4.78, 5) is 6.34. The molecule has 2 heterocycles. The SMILES string of the molecule is CN1CC=C(c2ccnc(C(=N)N)c2)CC1. The zero-order valence-electron chi connectivity index (χ0n) is 9.40. The van der Waals surface area contributed by atoms with Gasteiger partial charge in [0.1, 0.15) is 11.5 Å². The lowest BCUT2D eigenvalue weighted by Gasteiger charge is -2.22. The Bertz CT molecular complexity index is 436. The van der Waals surface area contributed by atoms with Crippen LogP contribution in [0.4, 0.5) is 0 Å². The van der Waals surface area contributed by atoms with Crippen LogP contribution in [-0.4, -0.2) is 35.9 Å². The van der Waals surface area contributed by atoms with Crippen LogP contribution < -0.4 is 5.73 Å². The van der Waals surface area contributed by atoms with E-state index in [1.807, 2.05) is 12.1 Å². The van der Waals surface area contributed by atoms with Gasteiger partial charge >= 0.3 is 0 Å². The molecule has 1 aromatic rings. The first-order valence-corrected chi connectivity index (χ1v) is 5.35. The summed E-state index contributed by atoms with van der Waals surface area (Å²) in [6.45, 7) is 2.05. The average molecular weight is 216 g/mol. The van der Waals surface area contributed by atoms with Crippen molar-refractivity contribution in [3.63, 3.8) is 0 Å². The van der Waals surface area contributed by atoms with Crippen LogP contribution in [0, 0.1) is 5.41 Å². The van der Waals surface area contributed by atoms with Gasteiger partial charge in [-0.25, -0.2) is 0 Å². The number of nitrogen functional groups attached to an aromatic ring is 1. The maximum absolute atomic E-state index is 7.37. The first-order valence-electron chi connectivity index (χ1n) is 5.35. The van der Waals surface area contributed by atoms with Crippen molar-refractivity contribution in [3.8, 4) is 0 Å². The number of nitrogens with two attached hydrogens (primary N) is 1. The molecule has 1 aliphatic heterocycles. The lowest BCUT2D eigenvalue weighted by Crippen LogP contribution is -2.23. The van der Waals surface area contributed by atoms with Crippen LogP contribution in [0.3, 0.4) is 0 Å². The predicted octanol–water partition coefficient (Wildman–Crippen LogP) is 1.08. The van der Waals surface area contributed by atoms with Gasteiger partial charge in [-0.2, -0.15) is 0 Å². The van der Waals surface area contributed by atoms with Crippen LogP contribution in [0.15, 0.2) is 24.4 Å². The summed E-state index contributed by atoms with van der Waals surface area (Å²) < 4.78 is 0. The Morgan fingerprint density at radius 3 is 3.00 bits per heavy atom. The molecule has 0 fully saturated rings. The Morgan fingerprint density at radius 1 is 1.56 bits per heavy atom. The highest BCUT2D eigenvalue weighted by atomic mass is 15.1. The third-order valence-electron chi connectivity index (χ3n) is 2.82. The minimum Gasteiger partial charge on any atom is -0.382 e. The monoisotopic (exact) mass is 216 g/mol. The van der Waals surface area contributed by atoms with E-state index in [9.17, 15) is 0 Å². The molecule has 0 atom stereocenters. The van der Waals surface area contributed by atoms with E-state index in [0.717, 1.165) is 25.1 Å². The molecule has 0 spiro atoms. The van der Waals surface area contributed by atoms with E-state index in [1.54, 1.807) is 6.20 Å². The number of hydrogen-bond donors (Lipinski definition) is 2. The number of amidine groups is 1. The molecule has 0 saturated heterocycles. The maximum atomic E-state index is 7.37. The molecule has 0 saturated carbocycles. The van der Waals surface area contributed by atoms with Crippen LogP contribution >= 0.6 is 0 Å². The number of nitrogens with one attached hydrogen (secondary N) is 1. The molecule has 2 rings (SSSR count). The number of rotatable bonds is 2. The fourth-order valence-corrected chi connectivity index (χ4v) is 1.81. The van der Waals surface area contributed by atoms with Gasteiger partial charge < -0.3 is 10.6 Å². The third-order valence-corrected chi connectivity index (χ3v) is 2.82. The van der Waals surface area contributed by atoms with Gasteiger partial charge in [0.2, 0.25) is 0 Å². The lowest BCUT2D eigenvalue weighted by molar-refractivity contribution is 0.370.